The maximum absolute atomic E-state index is 11.4. The number of carbonyl (C=O) groups is 3. The quantitative estimate of drug-likeness (QED) is 0.569. The van der Waals surface area contributed by atoms with Gasteiger partial charge in [0.1, 0.15) is 0 Å². The molecule has 1 aliphatic rings. The van der Waals surface area contributed by atoms with Crippen molar-refractivity contribution in [3.05, 3.63) is 36.5 Å². The van der Waals surface area contributed by atoms with Gasteiger partial charge in [0.15, 0.2) is 5.78 Å². The van der Waals surface area contributed by atoms with Crippen LogP contribution in [0.2, 0.25) is 0 Å². The van der Waals surface area contributed by atoms with E-state index in [4.69, 9.17) is 10.2 Å². The lowest BCUT2D eigenvalue weighted by atomic mass is 10.0. The van der Waals surface area contributed by atoms with Crippen LogP contribution in [-0.4, -0.2) is 52.5 Å². The molecule has 0 fully saturated rings. The maximum Gasteiger partial charge on any atom is 0.328 e. The largest absolute Gasteiger partial charge is 0.478 e. The Morgan fingerprint density at radius 1 is 1.29 bits per heavy atom. The summed E-state index contributed by atoms with van der Waals surface area (Å²) < 4.78 is 0. The fraction of sp³-hybridized carbons (Fsp3) is 0.400. The van der Waals surface area contributed by atoms with Gasteiger partial charge in [-0.15, -0.1) is 6.58 Å². The van der Waals surface area contributed by atoms with Gasteiger partial charge in [-0.3, -0.25) is 9.69 Å². The zero-order chi connectivity index (χ0) is 16.3. The van der Waals surface area contributed by atoms with E-state index in [0.29, 0.717) is 18.6 Å². The Balaban J connectivity index is 0.000000433. The number of hydrogen-bond donors (Lipinski definition) is 2. The maximum atomic E-state index is 11.4. The highest BCUT2D eigenvalue weighted by molar-refractivity contribution is 5.96. The summed E-state index contributed by atoms with van der Waals surface area (Å²) in [7, 11) is 0. The van der Waals surface area contributed by atoms with E-state index in [2.05, 4.69) is 24.5 Å². The molecule has 0 aromatic rings. The molecule has 0 spiro atoms. The van der Waals surface area contributed by atoms with Crippen LogP contribution in [0.15, 0.2) is 36.5 Å². The fourth-order valence-electron chi connectivity index (χ4n) is 1.66. The number of Topliss-reactive ketones (excluding diaryl/α,β-unsaturated/α-hetero) is 1. The molecule has 0 saturated heterocycles. The van der Waals surface area contributed by atoms with Crippen LogP contribution in [0.5, 0.6) is 0 Å². The average Bonchev–Trinajstić information content (AvgIpc) is 2.46. The van der Waals surface area contributed by atoms with Crippen LogP contribution >= 0.6 is 0 Å². The normalized spacial score (nSPS) is 14.8. The van der Waals surface area contributed by atoms with E-state index in [1.165, 1.54) is 0 Å². The summed E-state index contributed by atoms with van der Waals surface area (Å²) in [5.74, 6) is -2.27. The smallest absolute Gasteiger partial charge is 0.328 e. The molecule has 6 heteroatoms. The number of aliphatic carboxylic acids is 2. The number of allylic oxidation sites excluding steroid dienone is 1. The topological polar surface area (TPSA) is 94.9 Å². The van der Waals surface area contributed by atoms with Crippen molar-refractivity contribution >= 4 is 17.7 Å². The zero-order valence-corrected chi connectivity index (χ0v) is 12.1. The molecule has 6 nitrogen and oxygen atoms in total. The van der Waals surface area contributed by atoms with E-state index in [-0.39, 0.29) is 5.78 Å². The third kappa shape index (κ3) is 9.34. The SMILES string of the molecule is C=CCC(=O)C1=CCN(CC)CC1.O=C(O)C=CC(=O)O. The zero-order valence-electron chi connectivity index (χ0n) is 12.1. The molecular weight excluding hydrogens is 274 g/mol. The molecule has 21 heavy (non-hydrogen) atoms. The van der Waals surface area contributed by atoms with Gasteiger partial charge in [0, 0.05) is 31.7 Å². The summed E-state index contributed by atoms with van der Waals surface area (Å²) in [5, 5.41) is 15.6. The Hall–Kier alpha value is -2.21. The van der Waals surface area contributed by atoms with Crippen molar-refractivity contribution in [1.29, 1.82) is 0 Å². The molecule has 116 valence electrons. The summed E-state index contributed by atoms with van der Waals surface area (Å²) in [4.78, 5) is 32.9. The lowest BCUT2D eigenvalue weighted by Crippen LogP contribution is -2.29. The molecule has 0 amide bonds. The summed E-state index contributed by atoms with van der Waals surface area (Å²) in [5.41, 5.74) is 0.990. The summed E-state index contributed by atoms with van der Waals surface area (Å²) in [6, 6.07) is 0. The van der Waals surface area contributed by atoms with Gasteiger partial charge in [0.05, 0.1) is 0 Å². The number of nitrogens with zero attached hydrogens (tertiary/aromatic N) is 1. The third-order valence-electron chi connectivity index (χ3n) is 2.80. The first kappa shape index (κ1) is 18.8. The minimum Gasteiger partial charge on any atom is -0.478 e. The lowest BCUT2D eigenvalue weighted by Gasteiger charge is -2.23. The minimum atomic E-state index is -1.26. The fourth-order valence-corrected chi connectivity index (χ4v) is 1.66. The number of ketones is 1. The predicted octanol–water partition coefficient (Wildman–Crippen LogP) is 1.50. The predicted molar refractivity (Wildman–Crippen MR) is 79.0 cm³/mol. The monoisotopic (exact) mass is 295 g/mol. The van der Waals surface area contributed by atoms with Gasteiger partial charge >= 0.3 is 11.9 Å². The lowest BCUT2D eigenvalue weighted by molar-refractivity contribution is -0.134. The number of rotatable bonds is 6. The van der Waals surface area contributed by atoms with Crippen LogP contribution < -0.4 is 0 Å². The molecular formula is C15H21NO5. The van der Waals surface area contributed by atoms with Gasteiger partial charge in [-0.25, -0.2) is 9.59 Å². The van der Waals surface area contributed by atoms with Crippen molar-refractivity contribution in [2.24, 2.45) is 0 Å². The van der Waals surface area contributed by atoms with Crippen LogP contribution in [0.3, 0.4) is 0 Å². The highest BCUT2D eigenvalue weighted by atomic mass is 16.4. The second kappa shape index (κ2) is 10.6. The molecule has 0 atom stereocenters. The van der Waals surface area contributed by atoms with Gasteiger partial charge in [0.2, 0.25) is 0 Å². The Morgan fingerprint density at radius 2 is 1.86 bits per heavy atom. The molecule has 1 rings (SSSR count). The van der Waals surface area contributed by atoms with Crippen molar-refractivity contribution in [3.8, 4) is 0 Å². The molecule has 1 heterocycles. The molecule has 0 unspecified atom stereocenters. The Kier molecular flexibility index (Phi) is 9.45. The first-order chi connectivity index (χ1) is 9.90. The van der Waals surface area contributed by atoms with E-state index in [9.17, 15) is 14.4 Å². The highest BCUT2D eigenvalue weighted by Gasteiger charge is 2.14. The molecule has 0 bridgehead atoms. The molecule has 0 radical (unpaired) electrons. The van der Waals surface area contributed by atoms with E-state index < -0.39 is 11.9 Å². The Bertz CT molecular complexity index is 435. The third-order valence-corrected chi connectivity index (χ3v) is 2.80. The molecule has 0 saturated carbocycles. The van der Waals surface area contributed by atoms with Gasteiger partial charge in [0.25, 0.3) is 0 Å². The second-order valence-corrected chi connectivity index (χ2v) is 4.30. The average molecular weight is 295 g/mol. The number of hydrogen-bond acceptors (Lipinski definition) is 4. The van der Waals surface area contributed by atoms with E-state index in [1.54, 1.807) is 6.08 Å². The highest BCUT2D eigenvalue weighted by Crippen LogP contribution is 2.12. The van der Waals surface area contributed by atoms with Crippen LogP contribution in [0, 0.1) is 0 Å². The van der Waals surface area contributed by atoms with Crippen molar-refractivity contribution in [1.82, 2.24) is 4.90 Å². The van der Waals surface area contributed by atoms with Gasteiger partial charge in [-0.2, -0.15) is 0 Å². The van der Waals surface area contributed by atoms with Crippen LogP contribution in [0.25, 0.3) is 0 Å². The number of likely N-dealkylation sites (N-methyl/N-ethyl adjacent to an activating group) is 1. The molecule has 0 aromatic carbocycles. The molecule has 0 aromatic heterocycles. The minimum absolute atomic E-state index is 0.241. The molecule has 1 aliphatic heterocycles. The first-order valence-electron chi connectivity index (χ1n) is 6.60. The van der Waals surface area contributed by atoms with Crippen LogP contribution in [-0.2, 0) is 14.4 Å². The Labute approximate surface area is 124 Å². The number of carbonyl (C=O) groups excluding carboxylic acids is 1. The van der Waals surface area contributed by atoms with Gasteiger partial charge in [-0.05, 0) is 18.5 Å². The van der Waals surface area contributed by atoms with Gasteiger partial charge in [-0.1, -0.05) is 19.1 Å². The van der Waals surface area contributed by atoms with Crippen LogP contribution in [0.4, 0.5) is 0 Å². The number of carboxylic acids is 2. The molecule has 0 aliphatic carbocycles. The standard InChI is InChI=1S/C11H17NO.C4H4O4/c1-3-5-11(13)10-6-8-12(4-2)9-7-10;5-3(6)1-2-4(7)8/h3,6H,1,4-5,7-9H2,2H3;1-2H,(H,5,6)(H,7,8). The van der Waals surface area contributed by atoms with Crippen molar-refractivity contribution in [3.63, 3.8) is 0 Å². The second-order valence-electron chi connectivity index (χ2n) is 4.30. The van der Waals surface area contributed by atoms with Crippen molar-refractivity contribution < 1.29 is 24.6 Å². The van der Waals surface area contributed by atoms with E-state index in [0.717, 1.165) is 31.6 Å². The van der Waals surface area contributed by atoms with Crippen LogP contribution in [0.1, 0.15) is 19.8 Å². The van der Waals surface area contributed by atoms with Crippen molar-refractivity contribution in [2.45, 2.75) is 19.8 Å². The summed E-state index contributed by atoms with van der Waals surface area (Å²) in [6.45, 7) is 8.72. The Morgan fingerprint density at radius 3 is 2.19 bits per heavy atom. The van der Waals surface area contributed by atoms with E-state index >= 15 is 0 Å². The first-order valence-corrected chi connectivity index (χ1v) is 6.60. The van der Waals surface area contributed by atoms with Crippen molar-refractivity contribution in [2.75, 3.05) is 19.6 Å². The number of carboxylic acid groups (broad SMARTS) is 2. The molecule has 2 N–H and O–H groups in total. The summed E-state index contributed by atoms with van der Waals surface area (Å²) in [6.07, 6.45) is 6.23. The summed E-state index contributed by atoms with van der Waals surface area (Å²) >= 11 is 0. The van der Waals surface area contributed by atoms with Gasteiger partial charge < -0.3 is 10.2 Å². The van der Waals surface area contributed by atoms with E-state index in [1.807, 2.05) is 0 Å².